The fourth-order valence-electron chi connectivity index (χ4n) is 2.81. The van der Waals surface area contributed by atoms with Gasteiger partial charge in [-0.15, -0.1) is 0 Å². The number of halogens is 1. The number of nitrogens with zero attached hydrogens (tertiary/aromatic N) is 2. The first-order valence-electron chi connectivity index (χ1n) is 7.05. The number of hydrogen-bond donors (Lipinski definition) is 1. The number of hydrogen-bond acceptors (Lipinski definition) is 3. The van der Waals surface area contributed by atoms with E-state index in [9.17, 15) is 4.39 Å². The zero-order valence-electron chi connectivity index (χ0n) is 11.3. The third-order valence-corrected chi connectivity index (χ3v) is 4.00. The van der Waals surface area contributed by atoms with Gasteiger partial charge in [-0.3, -0.25) is 0 Å². The van der Waals surface area contributed by atoms with E-state index in [1.807, 2.05) is 6.07 Å². The number of aromatic nitrogens is 2. The summed E-state index contributed by atoms with van der Waals surface area (Å²) in [6.45, 7) is 0. The van der Waals surface area contributed by atoms with E-state index in [1.165, 1.54) is 18.6 Å². The van der Waals surface area contributed by atoms with E-state index in [0.717, 1.165) is 36.8 Å². The Morgan fingerprint density at radius 3 is 2.35 bits per heavy atom. The van der Waals surface area contributed by atoms with Crippen LogP contribution in [0.15, 0.2) is 36.7 Å². The Kier molecular flexibility index (Phi) is 3.49. The summed E-state index contributed by atoms with van der Waals surface area (Å²) in [5.74, 6) is 0.450. The molecule has 1 aromatic heterocycles. The lowest BCUT2D eigenvalue weighted by Gasteiger charge is -2.31. The molecule has 4 heteroatoms. The van der Waals surface area contributed by atoms with Gasteiger partial charge < -0.3 is 5.73 Å². The van der Waals surface area contributed by atoms with E-state index in [0.29, 0.717) is 5.82 Å². The van der Waals surface area contributed by atoms with Crippen LogP contribution in [0, 0.1) is 5.82 Å². The fraction of sp³-hybridized carbons (Fsp3) is 0.375. The standard InChI is InChI=1S/C16H18FN3/c17-14-6-4-5-12(9-14)13-10-19-15(20-11-13)16(18)7-2-1-3-8-16/h4-6,9-11H,1-3,7-8,18H2. The molecule has 1 aliphatic carbocycles. The van der Waals surface area contributed by atoms with Crippen molar-refractivity contribution in [1.29, 1.82) is 0 Å². The lowest BCUT2D eigenvalue weighted by molar-refractivity contribution is 0.287. The first kappa shape index (κ1) is 13.2. The maximum Gasteiger partial charge on any atom is 0.148 e. The molecule has 20 heavy (non-hydrogen) atoms. The first-order chi connectivity index (χ1) is 9.67. The van der Waals surface area contributed by atoms with Crippen LogP contribution in [0.1, 0.15) is 37.9 Å². The van der Waals surface area contributed by atoms with Gasteiger partial charge in [0.15, 0.2) is 0 Å². The SMILES string of the molecule is NC1(c2ncc(-c3cccc(F)c3)cn2)CCCCC1. The summed E-state index contributed by atoms with van der Waals surface area (Å²) in [6.07, 6.45) is 8.84. The molecule has 3 nitrogen and oxygen atoms in total. The van der Waals surface area contributed by atoms with Crippen molar-refractivity contribution in [3.8, 4) is 11.1 Å². The van der Waals surface area contributed by atoms with Crippen LogP contribution in [0.5, 0.6) is 0 Å². The second-order valence-corrected chi connectivity index (χ2v) is 5.52. The fourth-order valence-corrected chi connectivity index (χ4v) is 2.81. The van der Waals surface area contributed by atoms with Crippen molar-refractivity contribution in [2.45, 2.75) is 37.6 Å². The minimum atomic E-state index is -0.390. The van der Waals surface area contributed by atoms with Gasteiger partial charge in [0.2, 0.25) is 0 Å². The molecule has 0 saturated heterocycles. The minimum absolute atomic E-state index is 0.255. The lowest BCUT2D eigenvalue weighted by atomic mass is 9.82. The van der Waals surface area contributed by atoms with Crippen molar-refractivity contribution in [3.05, 3.63) is 48.3 Å². The van der Waals surface area contributed by atoms with Gasteiger partial charge in [0.1, 0.15) is 11.6 Å². The average molecular weight is 271 g/mol. The molecule has 2 N–H and O–H groups in total. The normalized spacial score (nSPS) is 17.9. The van der Waals surface area contributed by atoms with Crippen molar-refractivity contribution in [1.82, 2.24) is 9.97 Å². The van der Waals surface area contributed by atoms with E-state index in [1.54, 1.807) is 18.5 Å². The van der Waals surface area contributed by atoms with Crippen LogP contribution < -0.4 is 5.73 Å². The molecule has 0 radical (unpaired) electrons. The van der Waals surface area contributed by atoms with Crippen LogP contribution in [-0.2, 0) is 5.54 Å². The van der Waals surface area contributed by atoms with Gasteiger partial charge in [-0.25, -0.2) is 14.4 Å². The molecule has 1 aliphatic rings. The molecule has 0 unspecified atom stereocenters. The van der Waals surface area contributed by atoms with Crippen LogP contribution in [0.2, 0.25) is 0 Å². The molecule has 104 valence electrons. The topological polar surface area (TPSA) is 51.8 Å². The van der Waals surface area contributed by atoms with Crippen molar-refractivity contribution >= 4 is 0 Å². The van der Waals surface area contributed by atoms with E-state index in [2.05, 4.69) is 9.97 Å². The van der Waals surface area contributed by atoms with Crippen LogP contribution >= 0.6 is 0 Å². The third-order valence-electron chi connectivity index (χ3n) is 4.00. The summed E-state index contributed by atoms with van der Waals surface area (Å²) in [5.41, 5.74) is 7.61. The molecule has 1 heterocycles. The molecule has 1 fully saturated rings. The van der Waals surface area contributed by atoms with Crippen LogP contribution in [0.3, 0.4) is 0 Å². The van der Waals surface area contributed by atoms with Crippen molar-refractivity contribution in [2.24, 2.45) is 5.73 Å². The minimum Gasteiger partial charge on any atom is -0.319 e. The zero-order valence-corrected chi connectivity index (χ0v) is 11.3. The molecule has 0 spiro atoms. The van der Waals surface area contributed by atoms with E-state index in [-0.39, 0.29) is 5.82 Å². The van der Waals surface area contributed by atoms with Crippen molar-refractivity contribution < 1.29 is 4.39 Å². The number of nitrogens with two attached hydrogens (primary N) is 1. The van der Waals surface area contributed by atoms with Gasteiger partial charge in [-0.05, 0) is 30.5 Å². The van der Waals surface area contributed by atoms with Gasteiger partial charge in [-0.2, -0.15) is 0 Å². The second-order valence-electron chi connectivity index (χ2n) is 5.52. The molecule has 0 aliphatic heterocycles. The maximum absolute atomic E-state index is 13.2. The quantitative estimate of drug-likeness (QED) is 0.910. The largest absolute Gasteiger partial charge is 0.319 e. The predicted molar refractivity (Wildman–Crippen MR) is 76.4 cm³/mol. The highest BCUT2D eigenvalue weighted by atomic mass is 19.1. The van der Waals surface area contributed by atoms with E-state index >= 15 is 0 Å². The Morgan fingerprint density at radius 1 is 1.00 bits per heavy atom. The third kappa shape index (κ3) is 2.56. The molecular weight excluding hydrogens is 253 g/mol. The second kappa shape index (κ2) is 5.29. The monoisotopic (exact) mass is 271 g/mol. The van der Waals surface area contributed by atoms with E-state index < -0.39 is 5.54 Å². The molecule has 0 amide bonds. The average Bonchev–Trinajstić information content (AvgIpc) is 2.48. The van der Waals surface area contributed by atoms with Crippen molar-refractivity contribution in [2.75, 3.05) is 0 Å². The Labute approximate surface area is 118 Å². The molecule has 0 atom stereocenters. The molecule has 0 bridgehead atoms. The maximum atomic E-state index is 13.2. The van der Waals surface area contributed by atoms with Crippen LogP contribution in [0.25, 0.3) is 11.1 Å². The summed E-state index contributed by atoms with van der Waals surface area (Å²) in [5, 5.41) is 0. The summed E-state index contributed by atoms with van der Waals surface area (Å²) in [4.78, 5) is 8.84. The highest BCUT2D eigenvalue weighted by Crippen LogP contribution is 2.33. The Balaban J connectivity index is 1.88. The molecule has 2 aromatic rings. The van der Waals surface area contributed by atoms with Gasteiger partial charge in [0, 0.05) is 18.0 Å². The summed E-state index contributed by atoms with van der Waals surface area (Å²) >= 11 is 0. The smallest absolute Gasteiger partial charge is 0.148 e. The van der Waals surface area contributed by atoms with E-state index in [4.69, 9.17) is 5.73 Å². The molecule has 1 saturated carbocycles. The van der Waals surface area contributed by atoms with Gasteiger partial charge in [0.05, 0.1) is 5.54 Å². The Morgan fingerprint density at radius 2 is 1.70 bits per heavy atom. The van der Waals surface area contributed by atoms with Crippen LogP contribution in [0.4, 0.5) is 4.39 Å². The summed E-state index contributed by atoms with van der Waals surface area (Å²) in [6, 6.07) is 6.44. The molecule has 3 rings (SSSR count). The number of benzene rings is 1. The predicted octanol–water partition coefficient (Wildman–Crippen LogP) is 3.40. The Hall–Kier alpha value is -1.81. The Bertz CT molecular complexity index is 589. The van der Waals surface area contributed by atoms with Crippen molar-refractivity contribution in [3.63, 3.8) is 0 Å². The zero-order chi connectivity index (χ0) is 14.0. The lowest BCUT2D eigenvalue weighted by Crippen LogP contribution is -2.40. The highest BCUT2D eigenvalue weighted by molar-refractivity contribution is 5.61. The first-order valence-corrected chi connectivity index (χ1v) is 7.05. The molecule has 1 aromatic carbocycles. The van der Waals surface area contributed by atoms with Crippen LogP contribution in [-0.4, -0.2) is 9.97 Å². The van der Waals surface area contributed by atoms with Gasteiger partial charge in [0.25, 0.3) is 0 Å². The van der Waals surface area contributed by atoms with Gasteiger partial charge in [-0.1, -0.05) is 31.4 Å². The number of rotatable bonds is 2. The molecular formula is C16H18FN3. The highest BCUT2D eigenvalue weighted by Gasteiger charge is 2.32. The summed E-state index contributed by atoms with van der Waals surface area (Å²) < 4.78 is 13.2. The van der Waals surface area contributed by atoms with Gasteiger partial charge >= 0.3 is 0 Å². The summed E-state index contributed by atoms with van der Waals surface area (Å²) in [7, 11) is 0.